The second-order valence-corrected chi connectivity index (χ2v) is 10.8. The molecule has 1 atom stereocenters. The number of hydrogen-bond donors (Lipinski definition) is 0. The molecule has 2 aliphatic rings. The average molecular weight is 488 g/mol. The van der Waals surface area contributed by atoms with Gasteiger partial charge in [0.25, 0.3) is 0 Å². The van der Waals surface area contributed by atoms with Gasteiger partial charge in [0.05, 0.1) is 10.8 Å². The summed E-state index contributed by atoms with van der Waals surface area (Å²) in [6.07, 6.45) is 1.92. The third-order valence-corrected chi connectivity index (χ3v) is 8.54. The first kappa shape index (κ1) is 24.3. The Labute approximate surface area is 200 Å². The van der Waals surface area contributed by atoms with Crippen molar-refractivity contribution in [3.05, 3.63) is 59.9 Å². The summed E-state index contributed by atoms with van der Waals surface area (Å²) in [7, 11) is -3.58. The molecule has 0 aromatic heterocycles. The molecule has 2 fully saturated rings. The van der Waals surface area contributed by atoms with E-state index >= 15 is 0 Å². The third-order valence-electron chi connectivity index (χ3n) is 6.48. The number of halogens is 1. The van der Waals surface area contributed by atoms with Crippen molar-refractivity contribution in [1.82, 2.24) is 9.21 Å². The summed E-state index contributed by atoms with van der Waals surface area (Å²) in [6, 6.07) is 12.6. The number of sulfonamides is 1. The first-order chi connectivity index (χ1) is 16.2. The molecule has 0 bridgehead atoms. The number of carbonyl (C=O) groups excluding carboxylic acids is 2. The normalized spacial score (nSPS) is 18.5. The number of carbonyl (C=O) groups is 2. The van der Waals surface area contributed by atoms with E-state index in [0.29, 0.717) is 25.3 Å². The molecule has 1 aliphatic heterocycles. The van der Waals surface area contributed by atoms with E-state index in [1.54, 1.807) is 47.9 Å². The molecule has 1 heterocycles. The summed E-state index contributed by atoms with van der Waals surface area (Å²) >= 11 is 0. The lowest BCUT2D eigenvalue weighted by Crippen LogP contribution is -2.38. The van der Waals surface area contributed by atoms with Crippen LogP contribution in [0.15, 0.2) is 53.4 Å². The molecule has 4 rings (SSSR count). The van der Waals surface area contributed by atoms with Crippen molar-refractivity contribution in [2.45, 2.75) is 50.6 Å². The van der Waals surface area contributed by atoms with Crippen LogP contribution in [0.3, 0.4) is 0 Å². The highest BCUT2D eigenvalue weighted by Crippen LogP contribution is 2.33. The van der Waals surface area contributed by atoms with E-state index in [0.717, 1.165) is 18.4 Å². The van der Waals surface area contributed by atoms with Gasteiger partial charge in [-0.2, -0.15) is 4.31 Å². The van der Waals surface area contributed by atoms with E-state index in [4.69, 9.17) is 0 Å². The lowest BCUT2D eigenvalue weighted by Gasteiger charge is -2.26. The monoisotopic (exact) mass is 487 g/mol. The SMILES string of the molecule is CCN(CC)S(=O)(=O)c1ccc(N2CC(C(=O)N(Cc3cccc(F)c3)C3CC3)CC2=O)cc1. The van der Waals surface area contributed by atoms with Crippen molar-refractivity contribution in [1.29, 1.82) is 0 Å². The zero-order valence-corrected chi connectivity index (χ0v) is 20.3. The molecular weight excluding hydrogens is 457 g/mol. The smallest absolute Gasteiger partial charge is 0.243 e. The largest absolute Gasteiger partial charge is 0.335 e. The molecule has 2 amide bonds. The Morgan fingerprint density at radius 2 is 1.76 bits per heavy atom. The minimum Gasteiger partial charge on any atom is -0.335 e. The summed E-state index contributed by atoms with van der Waals surface area (Å²) in [6.45, 7) is 4.89. The van der Waals surface area contributed by atoms with Gasteiger partial charge in [0.2, 0.25) is 21.8 Å². The minimum absolute atomic E-state index is 0.0941. The van der Waals surface area contributed by atoms with Gasteiger partial charge in [-0.15, -0.1) is 0 Å². The van der Waals surface area contributed by atoms with Crippen LogP contribution < -0.4 is 4.90 Å². The maximum Gasteiger partial charge on any atom is 0.243 e. The number of rotatable bonds is 9. The van der Waals surface area contributed by atoms with Crippen molar-refractivity contribution in [3.63, 3.8) is 0 Å². The minimum atomic E-state index is -3.58. The van der Waals surface area contributed by atoms with Gasteiger partial charge in [0.1, 0.15) is 5.82 Å². The fraction of sp³-hybridized carbons (Fsp3) is 0.440. The van der Waals surface area contributed by atoms with E-state index in [1.165, 1.54) is 28.6 Å². The van der Waals surface area contributed by atoms with Gasteiger partial charge in [-0.3, -0.25) is 9.59 Å². The topological polar surface area (TPSA) is 78.0 Å². The summed E-state index contributed by atoms with van der Waals surface area (Å²) in [5, 5.41) is 0. The van der Waals surface area contributed by atoms with Crippen LogP contribution in [0, 0.1) is 11.7 Å². The molecular formula is C25H30FN3O4S. The maximum absolute atomic E-state index is 13.6. The van der Waals surface area contributed by atoms with E-state index in [9.17, 15) is 22.4 Å². The Hall–Kier alpha value is -2.78. The van der Waals surface area contributed by atoms with Crippen LogP contribution in [-0.4, -0.2) is 55.1 Å². The van der Waals surface area contributed by atoms with Crippen LogP contribution >= 0.6 is 0 Å². The predicted octanol–water partition coefficient (Wildman–Crippen LogP) is 3.40. The number of nitrogens with zero attached hydrogens (tertiary/aromatic N) is 3. The molecule has 1 aliphatic carbocycles. The molecule has 0 radical (unpaired) electrons. The van der Waals surface area contributed by atoms with Crippen LogP contribution in [0.5, 0.6) is 0 Å². The Morgan fingerprint density at radius 3 is 2.35 bits per heavy atom. The average Bonchev–Trinajstić information content (AvgIpc) is 3.59. The fourth-order valence-electron chi connectivity index (χ4n) is 4.47. The summed E-state index contributed by atoms with van der Waals surface area (Å²) in [4.78, 5) is 29.6. The van der Waals surface area contributed by atoms with Crippen LogP contribution in [0.25, 0.3) is 0 Å². The van der Waals surface area contributed by atoms with Gasteiger partial charge >= 0.3 is 0 Å². The first-order valence-corrected chi connectivity index (χ1v) is 13.1. The number of anilines is 1. The van der Waals surface area contributed by atoms with Gasteiger partial charge < -0.3 is 9.80 Å². The van der Waals surface area contributed by atoms with Crippen molar-refractivity contribution in [2.24, 2.45) is 5.92 Å². The van der Waals surface area contributed by atoms with E-state index in [-0.39, 0.29) is 41.5 Å². The Morgan fingerprint density at radius 1 is 1.09 bits per heavy atom. The van der Waals surface area contributed by atoms with Gasteiger partial charge in [0.15, 0.2) is 0 Å². The molecule has 0 spiro atoms. The lowest BCUT2D eigenvalue weighted by atomic mass is 10.1. The van der Waals surface area contributed by atoms with Crippen molar-refractivity contribution in [2.75, 3.05) is 24.5 Å². The van der Waals surface area contributed by atoms with Crippen molar-refractivity contribution >= 4 is 27.5 Å². The molecule has 2 aromatic rings. The highest BCUT2D eigenvalue weighted by Gasteiger charge is 2.41. The molecule has 1 unspecified atom stereocenters. The number of amides is 2. The van der Waals surface area contributed by atoms with Crippen LogP contribution in [0.4, 0.5) is 10.1 Å². The molecule has 1 saturated heterocycles. The van der Waals surface area contributed by atoms with Gasteiger partial charge in [-0.25, -0.2) is 12.8 Å². The predicted molar refractivity (Wildman–Crippen MR) is 127 cm³/mol. The van der Waals surface area contributed by atoms with Crippen molar-refractivity contribution < 1.29 is 22.4 Å². The summed E-state index contributed by atoms with van der Waals surface area (Å²) in [5.74, 6) is -1.09. The maximum atomic E-state index is 13.6. The lowest BCUT2D eigenvalue weighted by molar-refractivity contribution is -0.137. The zero-order chi connectivity index (χ0) is 24.5. The second kappa shape index (κ2) is 9.84. The van der Waals surface area contributed by atoms with Crippen molar-refractivity contribution in [3.8, 4) is 0 Å². The Balaban J connectivity index is 1.47. The Bertz CT molecular complexity index is 1160. The molecule has 182 valence electrons. The molecule has 34 heavy (non-hydrogen) atoms. The number of benzene rings is 2. The standard InChI is InChI=1S/C25H30FN3O4S/c1-3-27(4-2)34(32,33)23-12-10-21(11-13-23)28-17-19(15-24(28)30)25(31)29(22-8-9-22)16-18-6-5-7-20(26)14-18/h5-7,10-14,19,22H,3-4,8-9,15-17H2,1-2H3. The second-order valence-electron chi connectivity index (χ2n) is 8.82. The van der Waals surface area contributed by atoms with Crippen LogP contribution in [-0.2, 0) is 26.2 Å². The first-order valence-electron chi connectivity index (χ1n) is 11.7. The van der Waals surface area contributed by atoms with Gasteiger partial charge in [0, 0.05) is 44.3 Å². The molecule has 0 N–H and O–H groups in total. The van der Waals surface area contributed by atoms with E-state index < -0.39 is 15.9 Å². The summed E-state index contributed by atoms with van der Waals surface area (Å²) < 4.78 is 40.4. The third kappa shape index (κ3) is 5.00. The highest BCUT2D eigenvalue weighted by molar-refractivity contribution is 7.89. The van der Waals surface area contributed by atoms with Crippen LogP contribution in [0.2, 0.25) is 0 Å². The molecule has 7 nitrogen and oxygen atoms in total. The fourth-order valence-corrected chi connectivity index (χ4v) is 5.93. The zero-order valence-electron chi connectivity index (χ0n) is 19.5. The van der Waals surface area contributed by atoms with Gasteiger partial charge in [-0.05, 0) is 54.8 Å². The Kier molecular flexibility index (Phi) is 7.04. The number of hydrogen-bond acceptors (Lipinski definition) is 4. The van der Waals surface area contributed by atoms with E-state index in [2.05, 4.69) is 0 Å². The molecule has 1 saturated carbocycles. The van der Waals surface area contributed by atoms with Gasteiger partial charge in [-0.1, -0.05) is 26.0 Å². The molecule has 2 aromatic carbocycles. The highest BCUT2D eigenvalue weighted by atomic mass is 32.2. The quantitative estimate of drug-likeness (QED) is 0.543. The van der Waals surface area contributed by atoms with Crippen LogP contribution in [0.1, 0.15) is 38.7 Å². The molecule has 9 heteroatoms. The summed E-state index contributed by atoms with van der Waals surface area (Å²) in [5.41, 5.74) is 1.30. The van der Waals surface area contributed by atoms with E-state index in [1.807, 2.05) is 0 Å².